The summed E-state index contributed by atoms with van der Waals surface area (Å²) in [6, 6.07) is 8.31. The van der Waals surface area contributed by atoms with Crippen molar-refractivity contribution in [2.45, 2.75) is 38.8 Å². The number of carbonyl (C=O) groups excluding carboxylic acids is 1. The maximum absolute atomic E-state index is 12.3. The fourth-order valence-electron chi connectivity index (χ4n) is 2.34. The van der Waals surface area contributed by atoms with E-state index < -0.39 is 0 Å². The quantitative estimate of drug-likeness (QED) is 0.854. The molecule has 1 saturated heterocycles. The fraction of sp³-hybridized carbons (Fsp3) is 0.533. The van der Waals surface area contributed by atoms with E-state index in [1.807, 2.05) is 30.9 Å². The molecule has 0 spiro atoms. The van der Waals surface area contributed by atoms with Gasteiger partial charge in [-0.15, -0.1) is 0 Å². The Labute approximate surface area is 123 Å². The van der Waals surface area contributed by atoms with Gasteiger partial charge >= 0.3 is 0 Å². The van der Waals surface area contributed by atoms with E-state index in [9.17, 15) is 4.79 Å². The lowest BCUT2D eigenvalue weighted by Gasteiger charge is -2.37. The van der Waals surface area contributed by atoms with Crippen molar-refractivity contribution in [2.75, 3.05) is 13.2 Å². The first-order valence-electron chi connectivity index (χ1n) is 6.72. The lowest BCUT2D eigenvalue weighted by Crippen LogP contribution is -2.50. The summed E-state index contributed by atoms with van der Waals surface area (Å²) in [4.78, 5) is 14.2. The molecule has 1 aromatic rings. The molecule has 0 aromatic heterocycles. The third kappa shape index (κ3) is 4.05. The fourth-order valence-corrected chi connectivity index (χ4v) is 2.78. The molecule has 1 aliphatic rings. The maximum atomic E-state index is 12.3. The van der Waals surface area contributed by atoms with E-state index in [1.165, 1.54) is 5.56 Å². The molecule has 3 nitrogen and oxygen atoms in total. The van der Waals surface area contributed by atoms with Gasteiger partial charge in [0.25, 0.3) is 0 Å². The molecule has 2 rings (SSSR count). The standard InChI is InChI=1S/C15H20BrNO2/c1-11-10-19-12(2)9-17(11)15(18)7-6-13-4-3-5-14(16)8-13/h3-5,8,11-12H,6-7,9-10H2,1-2H3. The highest BCUT2D eigenvalue weighted by molar-refractivity contribution is 9.10. The van der Waals surface area contributed by atoms with Gasteiger partial charge in [0.15, 0.2) is 0 Å². The molecule has 4 heteroatoms. The van der Waals surface area contributed by atoms with Crippen molar-refractivity contribution in [1.82, 2.24) is 4.90 Å². The van der Waals surface area contributed by atoms with Gasteiger partial charge in [0.05, 0.1) is 18.8 Å². The van der Waals surface area contributed by atoms with E-state index in [2.05, 4.69) is 28.1 Å². The lowest BCUT2D eigenvalue weighted by molar-refractivity contribution is -0.143. The van der Waals surface area contributed by atoms with Gasteiger partial charge < -0.3 is 9.64 Å². The van der Waals surface area contributed by atoms with Crippen molar-refractivity contribution in [1.29, 1.82) is 0 Å². The van der Waals surface area contributed by atoms with Gasteiger partial charge in [-0.25, -0.2) is 0 Å². The van der Waals surface area contributed by atoms with Crippen molar-refractivity contribution in [3.8, 4) is 0 Å². The number of halogens is 1. The van der Waals surface area contributed by atoms with E-state index in [1.54, 1.807) is 0 Å². The first-order valence-corrected chi connectivity index (χ1v) is 7.51. The second-order valence-electron chi connectivity index (χ2n) is 5.17. The van der Waals surface area contributed by atoms with Crippen molar-refractivity contribution < 1.29 is 9.53 Å². The van der Waals surface area contributed by atoms with E-state index in [4.69, 9.17) is 4.74 Å². The Morgan fingerprint density at radius 1 is 1.47 bits per heavy atom. The molecule has 2 atom stereocenters. The number of ether oxygens (including phenoxy) is 1. The largest absolute Gasteiger partial charge is 0.375 e. The highest BCUT2D eigenvalue weighted by Gasteiger charge is 2.26. The molecular formula is C15H20BrNO2. The summed E-state index contributed by atoms with van der Waals surface area (Å²) in [5.41, 5.74) is 1.19. The zero-order valence-corrected chi connectivity index (χ0v) is 13.0. The monoisotopic (exact) mass is 325 g/mol. The zero-order chi connectivity index (χ0) is 13.8. The molecule has 1 fully saturated rings. The molecule has 0 N–H and O–H groups in total. The first kappa shape index (κ1) is 14.5. The van der Waals surface area contributed by atoms with E-state index in [0.29, 0.717) is 19.6 Å². The van der Waals surface area contributed by atoms with Crippen LogP contribution in [0.1, 0.15) is 25.8 Å². The van der Waals surface area contributed by atoms with Crippen LogP contribution >= 0.6 is 15.9 Å². The zero-order valence-electron chi connectivity index (χ0n) is 11.4. The van der Waals surface area contributed by atoms with E-state index in [0.717, 1.165) is 10.9 Å². The van der Waals surface area contributed by atoms with Gasteiger partial charge in [0.1, 0.15) is 0 Å². The lowest BCUT2D eigenvalue weighted by atomic mass is 10.1. The van der Waals surface area contributed by atoms with Crippen molar-refractivity contribution in [3.63, 3.8) is 0 Å². The summed E-state index contributed by atoms with van der Waals surface area (Å²) in [6.45, 7) is 5.41. The first-order chi connectivity index (χ1) is 9.06. The van der Waals surface area contributed by atoms with Crippen LogP contribution in [0.4, 0.5) is 0 Å². The predicted octanol–water partition coefficient (Wildman–Crippen LogP) is 3.02. The minimum absolute atomic E-state index is 0.144. The number of benzene rings is 1. The summed E-state index contributed by atoms with van der Waals surface area (Å²) >= 11 is 3.45. The second kappa shape index (κ2) is 6.53. The Balaban J connectivity index is 1.90. The molecule has 104 valence electrons. The Morgan fingerprint density at radius 2 is 2.26 bits per heavy atom. The smallest absolute Gasteiger partial charge is 0.223 e. The molecular weight excluding hydrogens is 306 g/mol. The molecule has 1 amide bonds. The normalized spacial score (nSPS) is 23.4. The number of amides is 1. The van der Waals surface area contributed by atoms with Crippen LogP contribution in [0.25, 0.3) is 0 Å². The molecule has 0 aliphatic carbocycles. The van der Waals surface area contributed by atoms with Gasteiger partial charge in [0.2, 0.25) is 5.91 Å². The topological polar surface area (TPSA) is 29.5 Å². The van der Waals surface area contributed by atoms with Gasteiger partial charge in [-0.3, -0.25) is 4.79 Å². The van der Waals surface area contributed by atoms with Gasteiger partial charge in [-0.2, -0.15) is 0 Å². The average molecular weight is 326 g/mol. The highest BCUT2D eigenvalue weighted by atomic mass is 79.9. The molecule has 0 radical (unpaired) electrons. The summed E-state index contributed by atoms with van der Waals surface area (Å²) in [5, 5.41) is 0. The van der Waals surface area contributed by atoms with Crippen LogP contribution in [0.3, 0.4) is 0 Å². The average Bonchev–Trinajstić information content (AvgIpc) is 2.39. The molecule has 1 aliphatic heterocycles. The van der Waals surface area contributed by atoms with Crippen molar-refractivity contribution in [3.05, 3.63) is 34.3 Å². The minimum Gasteiger partial charge on any atom is -0.375 e. The number of aryl methyl sites for hydroxylation is 1. The summed E-state index contributed by atoms with van der Waals surface area (Å²) in [6.07, 6.45) is 1.50. The Bertz CT molecular complexity index is 450. The summed E-state index contributed by atoms with van der Waals surface area (Å²) in [5.74, 6) is 0.225. The Hall–Kier alpha value is -0.870. The predicted molar refractivity (Wildman–Crippen MR) is 79.1 cm³/mol. The van der Waals surface area contributed by atoms with E-state index in [-0.39, 0.29) is 18.1 Å². The number of hydrogen-bond acceptors (Lipinski definition) is 2. The summed E-state index contributed by atoms with van der Waals surface area (Å²) < 4.78 is 6.61. The van der Waals surface area contributed by atoms with Crippen LogP contribution in [0.2, 0.25) is 0 Å². The molecule has 0 bridgehead atoms. The molecule has 0 saturated carbocycles. The molecule has 2 unspecified atom stereocenters. The number of morpholine rings is 1. The molecule has 1 aromatic carbocycles. The SMILES string of the molecule is CC1CN(C(=O)CCc2cccc(Br)c2)C(C)CO1. The summed E-state index contributed by atoms with van der Waals surface area (Å²) in [7, 11) is 0. The molecule has 1 heterocycles. The van der Waals surface area contributed by atoms with Crippen LogP contribution in [0.15, 0.2) is 28.7 Å². The van der Waals surface area contributed by atoms with Crippen molar-refractivity contribution >= 4 is 21.8 Å². The second-order valence-corrected chi connectivity index (χ2v) is 6.08. The Kier molecular flexibility index (Phi) is 4.99. The van der Waals surface area contributed by atoms with Gasteiger partial charge in [-0.1, -0.05) is 28.1 Å². The minimum atomic E-state index is 0.144. The Morgan fingerprint density at radius 3 is 3.00 bits per heavy atom. The third-order valence-electron chi connectivity index (χ3n) is 3.44. The number of rotatable bonds is 3. The number of nitrogens with zero attached hydrogens (tertiary/aromatic N) is 1. The van der Waals surface area contributed by atoms with Crippen LogP contribution in [0, 0.1) is 0 Å². The molecule has 19 heavy (non-hydrogen) atoms. The number of carbonyl (C=O) groups is 1. The van der Waals surface area contributed by atoms with Gasteiger partial charge in [0, 0.05) is 17.4 Å². The van der Waals surface area contributed by atoms with Crippen LogP contribution < -0.4 is 0 Å². The van der Waals surface area contributed by atoms with Gasteiger partial charge in [-0.05, 0) is 38.0 Å². The maximum Gasteiger partial charge on any atom is 0.223 e. The third-order valence-corrected chi connectivity index (χ3v) is 3.94. The number of hydrogen-bond donors (Lipinski definition) is 0. The van der Waals surface area contributed by atoms with Crippen molar-refractivity contribution in [2.24, 2.45) is 0 Å². The highest BCUT2D eigenvalue weighted by Crippen LogP contribution is 2.16. The van der Waals surface area contributed by atoms with Crippen LogP contribution in [-0.4, -0.2) is 36.1 Å². The van der Waals surface area contributed by atoms with E-state index >= 15 is 0 Å². The van der Waals surface area contributed by atoms with Crippen LogP contribution in [-0.2, 0) is 16.0 Å². The van der Waals surface area contributed by atoms with Crippen LogP contribution in [0.5, 0.6) is 0 Å².